The summed E-state index contributed by atoms with van der Waals surface area (Å²) in [6.07, 6.45) is 1.89. The third kappa shape index (κ3) is 3.37. The Morgan fingerprint density at radius 3 is 2.85 bits per heavy atom. The van der Waals surface area contributed by atoms with Gasteiger partial charge in [-0.1, -0.05) is 12.1 Å². The van der Waals surface area contributed by atoms with Crippen LogP contribution in [-0.2, 0) is 4.74 Å². The number of rotatable bonds is 7. The highest BCUT2D eigenvalue weighted by Gasteiger charge is 2.07. The molecule has 1 atom stereocenters. The molecule has 20 heavy (non-hydrogen) atoms. The normalized spacial score (nSPS) is 12.3. The van der Waals surface area contributed by atoms with Gasteiger partial charge in [0.05, 0.1) is 19.8 Å². The van der Waals surface area contributed by atoms with Crippen molar-refractivity contribution < 1.29 is 14.6 Å². The van der Waals surface area contributed by atoms with Gasteiger partial charge in [-0.25, -0.2) is 4.98 Å². The van der Waals surface area contributed by atoms with Gasteiger partial charge in [0.25, 0.3) is 0 Å². The van der Waals surface area contributed by atoms with Gasteiger partial charge >= 0.3 is 0 Å². The zero-order valence-electron chi connectivity index (χ0n) is 11.8. The van der Waals surface area contributed by atoms with Gasteiger partial charge in [0.1, 0.15) is 11.6 Å². The molecular formula is C15H20N2O3. The lowest BCUT2D eigenvalue weighted by molar-refractivity contribution is 0.0615. The fourth-order valence-corrected chi connectivity index (χ4v) is 2.13. The number of nitrogens with one attached hydrogen (secondary N) is 1. The number of pyridine rings is 1. The van der Waals surface area contributed by atoms with Crippen LogP contribution in [0.2, 0.25) is 0 Å². The number of anilines is 1. The summed E-state index contributed by atoms with van der Waals surface area (Å²) in [5.74, 6) is 1.62. The van der Waals surface area contributed by atoms with Crippen LogP contribution in [0.5, 0.6) is 5.75 Å². The van der Waals surface area contributed by atoms with Crippen molar-refractivity contribution in [3.63, 3.8) is 0 Å². The monoisotopic (exact) mass is 276 g/mol. The van der Waals surface area contributed by atoms with E-state index in [1.807, 2.05) is 24.3 Å². The highest BCUT2D eigenvalue weighted by atomic mass is 16.5. The van der Waals surface area contributed by atoms with E-state index in [1.165, 1.54) is 0 Å². The van der Waals surface area contributed by atoms with Crippen molar-refractivity contribution in [2.24, 2.45) is 0 Å². The van der Waals surface area contributed by atoms with Crippen LogP contribution < -0.4 is 10.1 Å². The van der Waals surface area contributed by atoms with Crippen LogP contribution in [0.15, 0.2) is 30.5 Å². The second kappa shape index (κ2) is 7.07. The smallest absolute Gasteiger partial charge is 0.133 e. The van der Waals surface area contributed by atoms with Gasteiger partial charge in [0.15, 0.2) is 0 Å². The summed E-state index contributed by atoms with van der Waals surface area (Å²) in [6.45, 7) is 0.978. The molecule has 0 fully saturated rings. The van der Waals surface area contributed by atoms with Gasteiger partial charge in [-0.3, -0.25) is 0 Å². The van der Waals surface area contributed by atoms with E-state index in [9.17, 15) is 5.11 Å². The van der Waals surface area contributed by atoms with Crippen LogP contribution >= 0.6 is 0 Å². The number of fused-ring (bicyclic) bond motifs is 1. The molecule has 2 rings (SSSR count). The van der Waals surface area contributed by atoms with Crippen molar-refractivity contribution >= 4 is 16.6 Å². The summed E-state index contributed by atoms with van der Waals surface area (Å²) in [7, 11) is 3.23. The van der Waals surface area contributed by atoms with Crippen molar-refractivity contribution in [1.29, 1.82) is 0 Å². The Morgan fingerprint density at radius 1 is 1.25 bits per heavy atom. The first-order valence-electron chi connectivity index (χ1n) is 6.59. The zero-order valence-corrected chi connectivity index (χ0v) is 11.8. The van der Waals surface area contributed by atoms with Gasteiger partial charge in [0, 0.05) is 30.6 Å². The van der Waals surface area contributed by atoms with E-state index in [0.717, 1.165) is 22.3 Å². The van der Waals surface area contributed by atoms with Crippen molar-refractivity contribution in [3.05, 3.63) is 30.5 Å². The van der Waals surface area contributed by atoms with E-state index in [0.29, 0.717) is 19.6 Å². The molecule has 0 aliphatic rings. The SMILES string of the molecule is COCC(O)CCNc1nccc2c(OC)cccc12. The summed E-state index contributed by atoms with van der Waals surface area (Å²) < 4.78 is 10.2. The highest BCUT2D eigenvalue weighted by molar-refractivity contribution is 5.95. The zero-order chi connectivity index (χ0) is 14.4. The Hall–Kier alpha value is -1.85. The Balaban J connectivity index is 2.10. The average molecular weight is 276 g/mol. The van der Waals surface area contributed by atoms with Gasteiger partial charge in [-0.15, -0.1) is 0 Å². The van der Waals surface area contributed by atoms with Crippen LogP contribution in [0.4, 0.5) is 5.82 Å². The van der Waals surface area contributed by atoms with E-state index in [4.69, 9.17) is 9.47 Å². The van der Waals surface area contributed by atoms with Crippen LogP contribution in [0.1, 0.15) is 6.42 Å². The number of methoxy groups -OCH3 is 2. The molecule has 108 valence electrons. The molecule has 5 heteroatoms. The molecule has 0 amide bonds. The quantitative estimate of drug-likeness (QED) is 0.810. The lowest BCUT2D eigenvalue weighted by Gasteiger charge is -2.12. The minimum atomic E-state index is -0.461. The summed E-state index contributed by atoms with van der Waals surface area (Å²) in [5.41, 5.74) is 0. The molecule has 1 heterocycles. The van der Waals surface area contributed by atoms with Gasteiger partial charge in [-0.05, 0) is 18.6 Å². The number of aliphatic hydroxyl groups excluding tert-OH is 1. The first-order valence-corrected chi connectivity index (χ1v) is 6.59. The van der Waals surface area contributed by atoms with Crippen molar-refractivity contribution in [2.75, 3.05) is 32.7 Å². The number of benzene rings is 1. The van der Waals surface area contributed by atoms with Gasteiger partial charge in [-0.2, -0.15) is 0 Å². The Labute approximate surface area is 118 Å². The first kappa shape index (κ1) is 14.6. The molecule has 2 N–H and O–H groups in total. The maximum atomic E-state index is 9.62. The number of hydrogen-bond acceptors (Lipinski definition) is 5. The minimum absolute atomic E-state index is 0.346. The standard InChI is InChI=1S/C15H20N2O3/c1-19-10-11(18)6-8-16-15-13-4-3-5-14(20-2)12(13)7-9-17-15/h3-5,7,9,11,18H,6,8,10H2,1-2H3,(H,16,17). The molecule has 1 aromatic heterocycles. The van der Waals surface area contributed by atoms with E-state index >= 15 is 0 Å². The molecule has 1 unspecified atom stereocenters. The number of aliphatic hydroxyl groups is 1. The lowest BCUT2D eigenvalue weighted by atomic mass is 10.1. The van der Waals surface area contributed by atoms with E-state index in [-0.39, 0.29) is 0 Å². The summed E-state index contributed by atoms with van der Waals surface area (Å²) in [6, 6.07) is 7.79. The van der Waals surface area contributed by atoms with Crippen LogP contribution in [0, 0.1) is 0 Å². The largest absolute Gasteiger partial charge is 0.496 e. The number of ether oxygens (including phenoxy) is 2. The molecule has 0 bridgehead atoms. The Bertz CT molecular complexity index is 560. The Morgan fingerprint density at radius 2 is 2.10 bits per heavy atom. The minimum Gasteiger partial charge on any atom is -0.496 e. The fourth-order valence-electron chi connectivity index (χ4n) is 2.13. The molecule has 0 saturated carbocycles. The lowest BCUT2D eigenvalue weighted by Crippen LogP contribution is -2.18. The third-order valence-corrected chi connectivity index (χ3v) is 3.12. The molecule has 1 aromatic carbocycles. The summed E-state index contributed by atoms with van der Waals surface area (Å²) in [5, 5.41) is 14.9. The highest BCUT2D eigenvalue weighted by Crippen LogP contribution is 2.28. The first-order chi connectivity index (χ1) is 9.76. The maximum Gasteiger partial charge on any atom is 0.133 e. The van der Waals surface area contributed by atoms with E-state index in [1.54, 1.807) is 20.4 Å². The second-order valence-electron chi connectivity index (χ2n) is 4.54. The molecule has 0 aliphatic heterocycles. The third-order valence-electron chi connectivity index (χ3n) is 3.12. The van der Waals surface area contributed by atoms with Gasteiger partial charge < -0.3 is 19.9 Å². The molecule has 2 aromatic rings. The number of aromatic nitrogens is 1. The number of hydrogen-bond donors (Lipinski definition) is 2. The predicted molar refractivity (Wildman–Crippen MR) is 79.3 cm³/mol. The summed E-state index contributed by atoms with van der Waals surface area (Å²) in [4.78, 5) is 4.35. The summed E-state index contributed by atoms with van der Waals surface area (Å²) >= 11 is 0. The number of nitrogens with zero attached hydrogens (tertiary/aromatic N) is 1. The van der Waals surface area contributed by atoms with Gasteiger partial charge in [0.2, 0.25) is 0 Å². The fraction of sp³-hybridized carbons (Fsp3) is 0.400. The Kier molecular flexibility index (Phi) is 5.15. The van der Waals surface area contributed by atoms with Crippen molar-refractivity contribution in [1.82, 2.24) is 4.98 Å². The predicted octanol–water partition coefficient (Wildman–Crippen LogP) is 2.05. The second-order valence-corrected chi connectivity index (χ2v) is 4.54. The van der Waals surface area contributed by atoms with Crippen molar-refractivity contribution in [3.8, 4) is 5.75 Å². The molecule has 0 spiro atoms. The van der Waals surface area contributed by atoms with Crippen molar-refractivity contribution in [2.45, 2.75) is 12.5 Å². The van der Waals surface area contributed by atoms with E-state index < -0.39 is 6.10 Å². The molecule has 0 saturated heterocycles. The van der Waals surface area contributed by atoms with E-state index in [2.05, 4.69) is 10.3 Å². The molecule has 5 nitrogen and oxygen atoms in total. The topological polar surface area (TPSA) is 63.6 Å². The molecule has 0 radical (unpaired) electrons. The average Bonchev–Trinajstić information content (AvgIpc) is 2.47. The maximum absolute atomic E-state index is 9.62. The van der Waals surface area contributed by atoms with Crippen LogP contribution in [-0.4, -0.2) is 43.6 Å². The van der Waals surface area contributed by atoms with Crippen LogP contribution in [0.25, 0.3) is 10.8 Å². The molecular weight excluding hydrogens is 256 g/mol. The molecule has 0 aliphatic carbocycles. The van der Waals surface area contributed by atoms with Crippen LogP contribution in [0.3, 0.4) is 0 Å².